The molecular weight excluding hydrogens is 304 g/mol. The summed E-state index contributed by atoms with van der Waals surface area (Å²) in [4.78, 5) is 14.1. The van der Waals surface area contributed by atoms with Crippen LogP contribution in [0.1, 0.15) is 24.5 Å². The Kier molecular flexibility index (Phi) is 2.92. The van der Waals surface area contributed by atoms with Gasteiger partial charge in [0.25, 0.3) is 0 Å². The van der Waals surface area contributed by atoms with Gasteiger partial charge in [0, 0.05) is 19.4 Å². The molecule has 3 aliphatic rings. The zero-order chi connectivity index (χ0) is 15.5. The summed E-state index contributed by atoms with van der Waals surface area (Å²) in [6, 6.07) is 9.38. The van der Waals surface area contributed by atoms with Gasteiger partial charge < -0.3 is 9.64 Å². The molecule has 7 heteroatoms. The third-order valence-electron chi connectivity index (χ3n) is 4.98. The average Bonchev–Trinajstić information content (AvgIpc) is 3.08. The van der Waals surface area contributed by atoms with E-state index in [2.05, 4.69) is 0 Å². The summed E-state index contributed by atoms with van der Waals surface area (Å²) in [5, 5.41) is 0. The fraction of sp³-hybridized carbons (Fsp3) is 0.533. The van der Waals surface area contributed by atoms with Crippen LogP contribution < -0.4 is 0 Å². The minimum Gasteiger partial charge on any atom is -0.344 e. The molecule has 1 spiro atoms. The highest BCUT2D eigenvalue weighted by molar-refractivity contribution is 7.88. The van der Waals surface area contributed by atoms with Crippen molar-refractivity contribution >= 4 is 15.9 Å². The summed E-state index contributed by atoms with van der Waals surface area (Å²) >= 11 is 0. The topological polar surface area (TPSA) is 66.9 Å². The summed E-state index contributed by atoms with van der Waals surface area (Å²) in [6.45, 7) is 0.908. The summed E-state index contributed by atoms with van der Waals surface area (Å²) in [5.41, 5.74) is 0.247. The standard InChI is InChI=1S/C15H18N2O4S/c1-22(19,20)17-8-7-15-13(17)9-14(18)16(15)10-12(21-15)11-5-3-2-4-6-11/h2-6,12-13H,7-10H2,1H3/t12-,13-,15+/m1/s1. The maximum absolute atomic E-state index is 12.3. The molecule has 3 atom stereocenters. The van der Waals surface area contributed by atoms with E-state index < -0.39 is 21.8 Å². The molecule has 22 heavy (non-hydrogen) atoms. The lowest BCUT2D eigenvalue weighted by Crippen LogP contribution is -2.48. The Labute approximate surface area is 129 Å². The number of sulfonamides is 1. The van der Waals surface area contributed by atoms with Gasteiger partial charge >= 0.3 is 0 Å². The Morgan fingerprint density at radius 1 is 1.27 bits per heavy atom. The first-order valence-corrected chi connectivity index (χ1v) is 9.27. The lowest BCUT2D eigenvalue weighted by Gasteiger charge is -2.31. The van der Waals surface area contributed by atoms with Crippen LogP contribution in [0.4, 0.5) is 0 Å². The molecular formula is C15H18N2O4S. The van der Waals surface area contributed by atoms with Crippen LogP contribution in [0.25, 0.3) is 0 Å². The van der Waals surface area contributed by atoms with Gasteiger partial charge in [-0.1, -0.05) is 30.3 Å². The monoisotopic (exact) mass is 322 g/mol. The van der Waals surface area contributed by atoms with E-state index in [1.54, 1.807) is 4.90 Å². The molecule has 0 radical (unpaired) electrons. The van der Waals surface area contributed by atoms with Gasteiger partial charge in [0.15, 0.2) is 5.72 Å². The van der Waals surface area contributed by atoms with Gasteiger partial charge in [-0.2, -0.15) is 4.31 Å². The van der Waals surface area contributed by atoms with Crippen LogP contribution in [0, 0.1) is 0 Å². The van der Waals surface area contributed by atoms with Crippen molar-refractivity contribution in [2.75, 3.05) is 19.3 Å². The second-order valence-electron chi connectivity index (χ2n) is 6.21. The third kappa shape index (κ3) is 1.85. The molecule has 3 fully saturated rings. The molecule has 1 aromatic rings. The third-order valence-corrected chi connectivity index (χ3v) is 6.27. The van der Waals surface area contributed by atoms with Crippen LogP contribution in [-0.2, 0) is 19.6 Å². The smallest absolute Gasteiger partial charge is 0.226 e. The molecule has 3 aliphatic heterocycles. The highest BCUT2D eigenvalue weighted by Gasteiger charge is 2.65. The summed E-state index contributed by atoms with van der Waals surface area (Å²) in [5.74, 6) is -0.0169. The summed E-state index contributed by atoms with van der Waals surface area (Å²) < 4.78 is 31.6. The van der Waals surface area contributed by atoms with Crippen LogP contribution in [0.15, 0.2) is 30.3 Å². The molecule has 0 bridgehead atoms. The van der Waals surface area contributed by atoms with Gasteiger partial charge in [-0.05, 0) is 5.56 Å². The van der Waals surface area contributed by atoms with E-state index in [0.29, 0.717) is 19.5 Å². The van der Waals surface area contributed by atoms with Crippen molar-refractivity contribution in [3.8, 4) is 0 Å². The van der Waals surface area contributed by atoms with Crippen LogP contribution in [0.5, 0.6) is 0 Å². The minimum absolute atomic E-state index is 0.0169. The number of ether oxygens (including phenoxy) is 1. The number of carbonyl (C=O) groups excluding carboxylic acids is 1. The summed E-state index contributed by atoms with van der Waals surface area (Å²) in [6.07, 6.45) is 1.77. The molecule has 0 saturated carbocycles. The molecule has 3 saturated heterocycles. The summed E-state index contributed by atoms with van der Waals surface area (Å²) in [7, 11) is -3.33. The first-order chi connectivity index (χ1) is 10.4. The van der Waals surface area contributed by atoms with E-state index in [9.17, 15) is 13.2 Å². The molecule has 1 amide bonds. The van der Waals surface area contributed by atoms with E-state index in [1.807, 2.05) is 30.3 Å². The second-order valence-corrected chi connectivity index (χ2v) is 8.15. The lowest BCUT2D eigenvalue weighted by molar-refractivity contribution is -0.138. The predicted octanol–water partition coefficient (Wildman–Crippen LogP) is 0.720. The van der Waals surface area contributed by atoms with Crippen molar-refractivity contribution in [1.82, 2.24) is 9.21 Å². The van der Waals surface area contributed by atoms with Gasteiger partial charge in [0.2, 0.25) is 15.9 Å². The highest BCUT2D eigenvalue weighted by Crippen LogP contribution is 2.51. The van der Waals surface area contributed by atoms with Gasteiger partial charge in [0.05, 0.1) is 18.8 Å². The minimum atomic E-state index is -3.33. The number of amides is 1. The number of rotatable bonds is 2. The Hall–Kier alpha value is -1.44. The van der Waals surface area contributed by atoms with Crippen molar-refractivity contribution in [2.45, 2.75) is 30.7 Å². The Morgan fingerprint density at radius 2 is 2.00 bits per heavy atom. The Bertz CT molecular complexity index is 720. The fourth-order valence-electron chi connectivity index (χ4n) is 4.03. The van der Waals surface area contributed by atoms with Crippen LogP contribution >= 0.6 is 0 Å². The van der Waals surface area contributed by atoms with Crippen molar-refractivity contribution < 1.29 is 17.9 Å². The number of hydrogen-bond acceptors (Lipinski definition) is 4. The largest absolute Gasteiger partial charge is 0.344 e. The van der Waals surface area contributed by atoms with Crippen molar-refractivity contribution in [3.63, 3.8) is 0 Å². The molecule has 0 aliphatic carbocycles. The Balaban J connectivity index is 1.69. The molecule has 0 N–H and O–H groups in total. The molecule has 3 heterocycles. The van der Waals surface area contributed by atoms with Crippen molar-refractivity contribution in [3.05, 3.63) is 35.9 Å². The second kappa shape index (κ2) is 4.53. The molecule has 0 unspecified atom stereocenters. The fourth-order valence-corrected chi connectivity index (χ4v) is 5.15. The van der Waals surface area contributed by atoms with E-state index in [-0.39, 0.29) is 18.4 Å². The molecule has 0 aromatic heterocycles. The average molecular weight is 322 g/mol. The molecule has 1 aromatic carbocycles. The number of nitrogens with zero attached hydrogens (tertiary/aromatic N) is 2. The van der Waals surface area contributed by atoms with E-state index in [0.717, 1.165) is 5.56 Å². The number of carbonyl (C=O) groups is 1. The van der Waals surface area contributed by atoms with Crippen LogP contribution in [0.2, 0.25) is 0 Å². The van der Waals surface area contributed by atoms with Gasteiger partial charge in [0.1, 0.15) is 6.10 Å². The predicted molar refractivity (Wildman–Crippen MR) is 79.3 cm³/mol. The number of hydrogen-bond donors (Lipinski definition) is 0. The first-order valence-electron chi connectivity index (χ1n) is 7.42. The molecule has 4 rings (SSSR count). The highest BCUT2D eigenvalue weighted by atomic mass is 32.2. The lowest BCUT2D eigenvalue weighted by atomic mass is 10.1. The van der Waals surface area contributed by atoms with E-state index >= 15 is 0 Å². The van der Waals surface area contributed by atoms with Crippen molar-refractivity contribution in [1.29, 1.82) is 0 Å². The van der Waals surface area contributed by atoms with Gasteiger partial charge in [-0.25, -0.2) is 8.42 Å². The Morgan fingerprint density at radius 3 is 2.68 bits per heavy atom. The maximum Gasteiger partial charge on any atom is 0.226 e. The normalized spacial score (nSPS) is 35.0. The van der Waals surface area contributed by atoms with Crippen LogP contribution in [0.3, 0.4) is 0 Å². The first kappa shape index (κ1) is 14.2. The SMILES string of the molecule is CS(=O)(=O)N1CC[C@@]23O[C@@H](c4ccccc4)CN2C(=O)C[C@@H]13. The van der Waals surface area contributed by atoms with E-state index in [4.69, 9.17) is 4.74 Å². The zero-order valence-electron chi connectivity index (χ0n) is 12.3. The molecule has 6 nitrogen and oxygen atoms in total. The maximum atomic E-state index is 12.3. The zero-order valence-corrected chi connectivity index (χ0v) is 13.1. The van der Waals surface area contributed by atoms with Crippen molar-refractivity contribution in [2.24, 2.45) is 0 Å². The van der Waals surface area contributed by atoms with E-state index in [1.165, 1.54) is 10.6 Å². The number of benzene rings is 1. The van der Waals surface area contributed by atoms with Gasteiger partial charge in [-0.15, -0.1) is 0 Å². The quantitative estimate of drug-likeness (QED) is 0.805. The van der Waals surface area contributed by atoms with Crippen LogP contribution in [-0.4, -0.2) is 54.6 Å². The molecule has 118 valence electrons. The van der Waals surface area contributed by atoms with Gasteiger partial charge in [-0.3, -0.25) is 4.79 Å².